The number of hydrogen-bond acceptors (Lipinski definition) is 5. The number of rotatable bonds is 8. The van der Waals surface area contributed by atoms with E-state index < -0.39 is 10.0 Å². The van der Waals surface area contributed by atoms with Crippen molar-refractivity contribution in [1.29, 1.82) is 0 Å². The van der Waals surface area contributed by atoms with E-state index in [2.05, 4.69) is 21.2 Å². The molecule has 7 nitrogen and oxygen atoms in total. The molecule has 5 rings (SSSR count). The highest BCUT2D eigenvalue weighted by Gasteiger charge is 2.16. The molecule has 0 atom stereocenters. The lowest BCUT2D eigenvalue weighted by atomic mass is 10.00. The van der Waals surface area contributed by atoms with Gasteiger partial charge in [-0.2, -0.15) is 9.61 Å². The van der Waals surface area contributed by atoms with Crippen molar-refractivity contribution in [1.82, 2.24) is 19.3 Å². The molecule has 4 aromatic rings. The summed E-state index contributed by atoms with van der Waals surface area (Å²) in [5.41, 5.74) is 5.37. The Morgan fingerprint density at radius 1 is 1.03 bits per heavy atom. The Morgan fingerprint density at radius 3 is 2.51 bits per heavy atom. The third kappa shape index (κ3) is 5.75. The number of anilines is 1. The predicted octanol–water partition coefficient (Wildman–Crippen LogP) is 4.03. The van der Waals surface area contributed by atoms with E-state index >= 15 is 0 Å². The molecule has 37 heavy (non-hydrogen) atoms. The summed E-state index contributed by atoms with van der Waals surface area (Å²) >= 11 is 12.4. The van der Waals surface area contributed by atoms with E-state index in [0.29, 0.717) is 11.6 Å². The van der Waals surface area contributed by atoms with E-state index in [1.165, 1.54) is 12.1 Å². The second kappa shape index (κ2) is 10.7. The average molecular weight is 552 g/mol. The first-order valence-corrected chi connectivity index (χ1v) is 14.0. The highest BCUT2D eigenvalue weighted by atomic mass is 35.5. The van der Waals surface area contributed by atoms with Gasteiger partial charge in [0.25, 0.3) is 0 Å². The Morgan fingerprint density at radius 2 is 1.78 bits per heavy atom. The lowest BCUT2D eigenvalue weighted by molar-refractivity contribution is 0.581. The zero-order chi connectivity index (χ0) is 26.0. The fraction of sp³-hybridized carbons (Fsp3) is 0.154. The van der Waals surface area contributed by atoms with Crippen LogP contribution in [0.15, 0.2) is 82.9 Å². The van der Waals surface area contributed by atoms with E-state index in [9.17, 15) is 8.42 Å². The zero-order valence-corrected chi connectivity index (χ0v) is 22.4. The van der Waals surface area contributed by atoms with Gasteiger partial charge in [0.15, 0.2) is 5.65 Å². The van der Waals surface area contributed by atoms with Crippen molar-refractivity contribution in [2.45, 2.75) is 30.8 Å². The molecule has 11 heteroatoms. The Bertz CT molecular complexity index is 1630. The summed E-state index contributed by atoms with van der Waals surface area (Å²) in [6.45, 7) is 0.724. The number of nitrogens with one attached hydrogen (secondary N) is 2. The third-order valence-electron chi connectivity index (χ3n) is 6.10. The van der Waals surface area contributed by atoms with Crippen molar-refractivity contribution >= 4 is 63.6 Å². The Balaban J connectivity index is 1.29. The Hall–Kier alpha value is -3.11. The topological polar surface area (TPSA) is 88.4 Å². The highest BCUT2D eigenvalue weighted by molar-refractivity contribution is 7.89. The lowest BCUT2D eigenvalue weighted by Gasteiger charge is -2.14. The van der Waals surface area contributed by atoms with Crippen molar-refractivity contribution in [3.63, 3.8) is 0 Å². The molecule has 0 bridgehead atoms. The molecule has 188 valence electrons. The van der Waals surface area contributed by atoms with E-state index in [1.54, 1.807) is 22.8 Å². The first-order valence-electron chi connectivity index (χ1n) is 11.8. The van der Waals surface area contributed by atoms with Gasteiger partial charge in [0.2, 0.25) is 10.0 Å². The van der Waals surface area contributed by atoms with Gasteiger partial charge in [-0.15, -0.1) is 0 Å². The summed E-state index contributed by atoms with van der Waals surface area (Å²) in [6.07, 6.45) is 7.67. The van der Waals surface area contributed by atoms with Crippen LogP contribution in [0.25, 0.3) is 11.2 Å². The summed E-state index contributed by atoms with van der Waals surface area (Å²) in [4.78, 5) is 4.94. The molecule has 2 aromatic heterocycles. The monoisotopic (exact) mass is 551 g/mol. The van der Waals surface area contributed by atoms with Crippen LogP contribution in [0.4, 0.5) is 5.82 Å². The molecule has 0 amide bonds. The quantitative estimate of drug-likeness (QED) is 0.323. The van der Waals surface area contributed by atoms with Crippen molar-refractivity contribution in [3.8, 4) is 0 Å². The minimum Gasteiger partial charge on any atom is -0.366 e. The maximum absolute atomic E-state index is 12.5. The van der Waals surface area contributed by atoms with Crippen molar-refractivity contribution in [2.24, 2.45) is 0 Å². The minimum absolute atomic E-state index is 0.137. The number of nitrogens with zero attached hydrogens (tertiary/aromatic N) is 3. The lowest BCUT2D eigenvalue weighted by Crippen LogP contribution is -2.23. The van der Waals surface area contributed by atoms with Gasteiger partial charge < -0.3 is 5.32 Å². The fourth-order valence-corrected chi connectivity index (χ4v) is 5.65. The van der Waals surface area contributed by atoms with Crippen LogP contribution in [0.5, 0.6) is 0 Å². The van der Waals surface area contributed by atoms with E-state index in [4.69, 9.17) is 28.2 Å². The molecule has 0 radical (unpaired) electrons. The molecule has 0 spiro atoms. The summed E-state index contributed by atoms with van der Waals surface area (Å²) in [5.74, 6) is 0.808. The van der Waals surface area contributed by atoms with E-state index in [0.717, 1.165) is 57.2 Å². The number of allylic oxidation sites excluding steroid dienone is 4. The van der Waals surface area contributed by atoms with Crippen molar-refractivity contribution in [3.05, 3.63) is 99.8 Å². The smallest absolute Gasteiger partial charge is 0.240 e. The number of fused-ring (bicyclic) bond motifs is 1. The summed E-state index contributed by atoms with van der Waals surface area (Å²) in [5, 5.41) is 9.12. The van der Waals surface area contributed by atoms with Crippen LogP contribution in [0.3, 0.4) is 0 Å². The molecule has 0 unspecified atom stereocenters. The molecule has 2 heterocycles. The fourth-order valence-electron chi connectivity index (χ4n) is 4.06. The molecule has 0 aliphatic heterocycles. The van der Waals surface area contributed by atoms with Gasteiger partial charge in [0, 0.05) is 41.0 Å². The Labute approximate surface area is 226 Å². The molecule has 0 saturated carbocycles. The third-order valence-corrected chi connectivity index (χ3v) is 8.13. The number of sulfonamides is 1. The largest absolute Gasteiger partial charge is 0.366 e. The second-order valence-corrected chi connectivity index (χ2v) is 11.5. The maximum atomic E-state index is 12.5. The van der Waals surface area contributed by atoms with Crippen LogP contribution in [0.2, 0.25) is 5.02 Å². The van der Waals surface area contributed by atoms with E-state index in [1.807, 2.05) is 44.3 Å². The van der Waals surface area contributed by atoms with Crippen LogP contribution in [-0.2, 0) is 23.1 Å². The van der Waals surface area contributed by atoms with Crippen LogP contribution in [0, 0.1) is 0 Å². The first kappa shape index (κ1) is 25.5. The standard InChI is InChI=1S/C26H24BCl2N5O2S/c27-22-16-31-34-25(13-24(33-26(22)34)21-6-1-2-7-23(21)29)30-14-17-8-10-18(11-9-17)15-32-37(35,36)20-5-3-4-19(28)12-20/h1,3-6,8-13,16,30,32H,2,7,14-15,27H2. The minimum atomic E-state index is -3.65. The van der Waals surface area contributed by atoms with Crippen LogP contribution in [0.1, 0.15) is 29.7 Å². The van der Waals surface area contributed by atoms with Gasteiger partial charge in [0.1, 0.15) is 13.7 Å². The molecule has 0 fully saturated rings. The van der Waals surface area contributed by atoms with Crippen LogP contribution < -0.4 is 15.5 Å². The van der Waals surface area contributed by atoms with Crippen molar-refractivity contribution < 1.29 is 8.42 Å². The molecule has 2 N–H and O–H groups in total. The number of hydrogen-bond donors (Lipinski definition) is 2. The zero-order valence-electron chi connectivity index (χ0n) is 20.1. The molecule has 2 aromatic carbocycles. The molecule has 0 saturated heterocycles. The second-order valence-electron chi connectivity index (χ2n) is 8.80. The number of aromatic nitrogens is 3. The SMILES string of the molecule is Bc1cnn2c(NCc3ccc(CNS(=O)(=O)c4cccc(Cl)c4)cc3)cc(C3=C(Cl)CCC=C3)nc12. The van der Waals surface area contributed by atoms with Crippen LogP contribution in [-0.4, -0.2) is 30.9 Å². The van der Waals surface area contributed by atoms with Gasteiger partial charge in [-0.25, -0.2) is 18.1 Å². The maximum Gasteiger partial charge on any atom is 0.240 e. The molecular weight excluding hydrogens is 528 g/mol. The van der Waals surface area contributed by atoms with Gasteiger partial charge in [-0.1, -0.05) is 65.7 Å². The van der Waals surface area contributed by atoms with E-state index in [-0.39, 0.29) is 11.4 Å². The van der Waals surface area contributed by atoms with Gasteiger partial charge in [-0.05, 0) is 47.6 Å². The first-order chi connectivity index (χ1) is 17.8. The Kier molecular flexibility index (Phi) is 7.39. The molecular formula is C26H24BCl2N5O2S. The van der Waals surface area contributed by atoms with Gasteiger partial charge in [0.05, 0.1) is 10.6 Å². The summed E-state index contributed by atoms with van der Waals surface area (Å²) in [7, 11) is -1.67. The van der Waals surface area contributed by atoms with Gasteiger partial charge in [-0.3, -0.25) is 0 Å². The average Bonchev–Trinajstić information content (AvgIpc) is 3.27. The highest BCUT2D eigenvalue weighted by Crippen LogP contribution is 2.30. The predicted molar refractivity (Wildman–Crippen MR) is 152 cm³/mol. The van der Waals surface area contributed by atoms with Crippen molar-refractivity contribution in [2.75, 3.05) is 5.32 Å². The normalized spacial score (nSPS) is 13.9. The number of halogens is 2. The number of benzene rings is 2. The molecule has 1 aliphatic carbocycles. The van der Waals surface area contributed by atoms with Crippen LogP contribution >= 0.6 is 23.2 Å². The van der Waals surface area contributed by atoms with Gasteiger partial charge >= 0.3 is 0 Å². The summed E-state index contributed by atoms with van der Waals surface area (Å²) in [6, 6.07) is 15.9. The molecule has 1 aliphatic rings. The summed E-state index contributed by atoms with van der Waals surface area (Å²) < 4.78 is 29.5.